The molecule has 2 N–H and O–H groups in total. The molecule has 0 spiro atoms. The summed E-state index contributed by atoms with van der Waals surface area (Å²) in [6.45, 7) is 4.21. The fraction of sp³-hybridized carbons (Fsp3) is 0.923. The van der Waals surface area contributed by atoms with Crippen LogP contribution in [0.15, 0.2) is 0 Å². The first-order chi connectivity index (χ1) is 7.47. The Morgan fingerprint density at radius 2 is 2.06 bits per heavy atom. The topological polar surface area (TPSA) is 46.3 Å². The molecule has 2 saturated carbocycles. The molecule has 3 unspecified atom stereocenters. The third-order valence-electron chi connectivity index (χ3n) is 4.75. The largest absolute Gasteiger partial charge is 0.342 e. The molecule has 3 heteroatoms. The van der Waals surface area contributed by atoms with E-state index in [2.05, 4.69) is 6.92 Å². The minimum absolute atomic E-state index is 0.0499. The Kier molecular flexibility index (Phi) is 2.99. The van der Waals surface area contributed by atoms with Gasteiger partial charge in [-0.25, -0.2) is 0 Å². The first-order valence-electron chi connectivity index (χ1n) is 6.49. The van der Waals surface area contributed by atoms with Gasteiger partial charge in [-0.1, -0.05) is 6.42 Å². The fourth-order valence-electron chi connectivity index (χ4n) is 2.94. The van der Waals surface area contributed by atoms with Gasteiger partial charge in [0.05, 0.1) is 5.41 Å². The molecule has 2 rings (SSSR count). The van der Waals surface area contributed by atoms with Gasteiger partial charge in [-0.15, -0.1) is 0 Å². The zero-order valence-corrected chi connectivity index (χ0v) is 10.7. The lowest BCUT2D eigenvalue weighted by molar-refractivity contribution is -0.142. The van der Waals surface area contributed by atoms with Crippen LogP contribution in [0.2, 0.25) is 0 Å². The quantitative estimate of drug-likeness (QED) is 0.794. The Bertz CT molecular complexity index is 288. The van der Waals surface area contributed by atoms with Crippen molar-refractivity contribution in [3.8, 4) is 0 Å². The molecule has 2 aliphatic carbocycles. The molecule has 0 aromatic carbocycles. The van der Waals surface area contributed by atoms with E-state index in [1.807, 2.05) is 18.9 Å². The Labute approximate surface area is 98.4 Å². The summed E-state index contributed by atoms with van der Waals surface area (Å²) >= 11 is 0. The minimum atomic E-state index is -0.308. The zero-order valence-electron chi connectivity index (χ0n) is 10.7. The molecular weight excluding hydrogens is 200 g/mol. The second-order valence-electron chi connectivity index (χ2n) is 5.91. The molecule has 0 heterocycles. The van der Waals surface area contributed by atoms with Crippen LogP contribution < -0.4 is 5.73 Å². The van der Waals surface area contributed by atoms with E-state index in [0.717, 1.165) is 25.2 Å². The van der Waals surface area contributed by atoms with Crippen molar-refractivity contribution in [3.63, 3.8) is 0 Å². The number of hydrogen-bond donors (Lipinski definition) is 1. The van der Waals surface area contributed by atoms with E-state index in [0.29, 0.717) is 6.04 Å². The van der Waals surface area contributed by atoms with E-state index >= 15 is 0 Å². The fourth-order valence-corrected chi connectivity index (χ4v) is 2.94. The zero-order chi connectivity index (χ0) is 11.9. The molecule has 92 valence electrons. The molecule has 2 fully saturated rings. The summed E-state index contributed by atoms with van der Waals surface area (Å²) in [4.78, 5) is 14.4. The highest BCUT2D eigenvalue weighted by Gasteiger charge is 2.46. The summed E-state index contributed by atoms with van der Waals surface area (Å²) in [5, 5.41) is 0. The first kappa shape index (κ1) is 11.9. The molecule has 0 bridgehead atoms. The van der Waals surface area contributed by atoms with E-state index in [9.17, 15) is 4.79 Å². The predicted octanol–water partition coefficient (Wildman–Crippen LogP) is 1.76. The van der Waals surface area contributed by atoms with Crippen molar-refractivity contribution in [3.05, 3.63) is 0 Å². The van der Waals surface area contributed by atoms with Gasteiger partial charge in [0, 0.05) is 19.1 Å². The molecule has 3 nitrogen and oxygen atoms in total. The number of nitrogens with zero attached hydrogens (tertiary/aromatic N) is 1. The van der Waals surface area contributed by atoms with Crippen LogP contribution in [-0.4, -0.2) is 29.9 Å². The maximum atomic E-state index is 12.5. The van der Waals surface area contributed by atoms with Gasteiger partial charge in [-0.2, -0.15) is 0 Å². The first-order valence-corrected chi connectivity index (χ1v) is 6.49. The lowest BCUT2D eigenvalue weighted by Gasteiger charge is -2.35. The third-order valence-corrected chi connectivity index (χ3v) is 4.75. The van der Waals surface area contributed by atoms with Crippen LogP contribution in [0, 0.1) is 11.3 Å². The smallest absolute Gasteiger partial charge is 0.230 e. The molecule has 0 radical (unpaired) electrons. The highest BCUT2D eigenvalue weighted by atomic mass is 16.2. The molecule has 0 aromatic rings. The van der Waals surface area contributed by atoms with Crippen LogP contribution >= 0.6 is 0 Å². The normalized spacial score (nSPS) is 36.1. The Morgan fingerprint density at radius 1 is 1.44 bits per heavy atom. The number of carbonyl (C=O) groups excluding carboxylic acids is 1. The monoisotopic (exact) mass is 224 g/mol. The van der Waals surface area contributed by atoms with Gasteiger partial charge in [0.1, 0.15) is 0 Å². The summed E-state index contributed by atoms with van der Waals surface area (Å²) < 4.78 is 0. The Morgan fingerprint density at radius 3 is 2.50 bits per heavy atom. The van der Waals surface area contributed by atoms with Crippen LogP contribution in [0.5, 0.6) is 0 Å². The minimum Gasteiger partial charge on any atom is -0.342 e. The summed E-state index contributed by atoms with van der Waals surface area (Å²) in [6.07, 6.45) is 5.60. The summed E-state index contributed by atoms with van der Waals surface area (Å²) in [5.74, 6) is 0.993. The number of hydrogen-bond acceptors (Lipinski definition) is 2. The van der Waals surface area contributed by atoms with Crippen LogP contribution in [0.3, 0.4) is 0 Å². The molecule has 3 atom stereocenters. The van der Waals surface area contributed by atoms with E-state index in [1.54, 1.807) is 0 Å². The van der Waals surface area contributed by atoms with Gasteiger partial charge < -0.3 is 10.6 Å². The van der Waals surface area contributed by atoms with Gasteiger partial charge in [-0.05, 0) is 45.4 Å². The number of nitrogens with two attached hydrogens (primary N) is 1. The molecule has 2 aliphatic rings. The SMILES string of the molecule is CC(C1CC1)N(C)C(=O)C1(C)CCCC1N. The van der Waals surface area contributed by atoms with E-state index < -0.39 is 0 Å². The highest BCUT2D eigenvalue weighted by molar-refractivity contribution is 5.83. The van der Waals surface area contributed by atoms with Gasteiger partial charge >= 0.3 is 0 Å². The lowest BCUT2D eigenvalue weighted by atomic mass is 9.83. The molecule has 0 saturated heterocycles. The highest BCUT2D eigenvalue weighted by Crippen LogP contribution is 2.41. The Balaban J connectivity index is 2.05. The van der Waals surface area contributed by atoms with E-state index in [1.165, 1.54) is 12.8 Å². The van der Waals surface area contributed by atoms with Gasteiger partial charge in [0.25, 0.3) is 0 Å². The summed E-state index contributed by atoms with van der Waals surface area (Å²) in [6, 6.07) is 0.436. The molecule has 0 aromatic heterocycles. The van der Waals surface area contributed by atoms with E-state index in [4.69, 9.17) is 5.73 Å². The van der Waals surface area contributed by atoms with Gasteiger partial charge in [0.15, 0.2) is 0 Å². The van der Waals surface area contributed by atoms with Crippen LogP contribution in [0.25, 0.3) is 0 Å². The van der Waals surface area contributed by atoms with Crippen LogP contribution in [-0.2, 0) is 4.79 Å². The molecule has 1 amide bonds. The lowest BCUT2D eigenvalue weighted by Crippen LogP contribution is -2.50. The molecule has 0 aliphatic heterocycles. The van der Waals surface area contributed by atoms with Crippen LogP contribution in [0.1, 0.15) is 46.0 Å². The van der Waals surface area contributed by atoms with Crippen molar-refractivity contribution in [2.24, 2.45) is 17.1 Å². The summed E-state index contributed by atoms with van der Waals surface area (Å²) in [5.41, 5.74) is 5.79. The second-order valence-corrected chi connectivity index (χ2v) is 5.91. The summed E-state index contributed by atoms with van der Waals surface area (Å²) in [7, 11) is 1.95. The van der Waals surface area contributed by atoms with Gasteiger partial charge in [-0.3, -0.25) is 4.79 Å². The predicted molar refractivity (Wildman–Crippen MR) is 64.9 cm³/mol. The molecule has 16 heavy (non-hydrogen) atoms. The molecular formula is C13H24N2O. The average molecular weight is 224 g/mol. The number of carbonyl (C=O) groups is 1. The van der Waals surface area contributed by atoms with Crippen LogP contribution in [0.4, 0.5) is 0 Å². The van der Waals surface area contributed by atoms with Crippen molar-refractivity contribution >= 4 is 5.91 Å². The average Bonchev–Trinajstić information content (AvgIpc) is 3.04. The Hall–Kier alpha value is -0.570. The maximum absolute atomic E-state index is 12.5. The van der Waals surface area contributed by atoms with E-state index in [-0.39, 0.29) is 17.4 Å². The van der Waals surface area contributed by atoms with Crippen molar-refractivity contribution in [2.45, 2.75) is 58.0 Å². The van der Waals surface area contributed by atoms with Crippen molar-refractivity contribution in [1.82, 2.24) is 4.90 Å². The number of rotatable bonds is 3. The number of amides is 1. The maximum Gasteiger partial charge on any atom is 0.230 e. The van der Waals surface area contributed by atoms with Crippen molar-refractivity contribution in [1.29, 1.82) is 0 Å². The van der Waals surface area contributed by atoms with Crippen molar-refractivity contribution in [2.75, 3.05) is 7.05 Å². The second kappa shape index (κ2) is 4.02. The standard InChI is InChI=1S/C13H24N2O/c1-9(10-6-7-10)15(3)12(16)13(2)8-4-5-11(13)14/h9-11H,4-8,14H2,1-3H3. The third kappa shape index (κ3) is 1.86. The van der Waals surface area contributed by atoms with Crippen molar-refractivity contribution < 1.29 is 4.79 Å². The van der Waals surface area contributed by atoms with Gasteiger partial charge in [0.2, 0.25) is 5.91 Å².